The van der Waals surface area contributed by atoms with E-state index in [4.69, 9.17) is 5.73 Å². The molecule has 0 aliphatic carbocycles. The molecule has 0 unspecified atom stereocenters. The van der Waals surface area contributed by atoms with Crippen LogP contribution in [0.3, 0.4) is 0 Å². The molecule has 1 spiro atoms. The summed E-state index contributed by atoms with van der Waals surface area (Å²) in [5.74, 6) is -0.211. The molecule has 0 atom stereocenters. The Labute approximate surface area is 248 Å². The summed E-state index contributed by atoms with van der Waals surface area (Å²) in [5.41, 5.74) is 11.9. The quantitative estimate of drug-likeness (QED) is 0.258. The maximum atomic E-state index is 13.5. The molecule has 4 aromatic rings. The number of rotatable bonds is 6. The first-order valence-electron chi connectivity index (χ1n) is 14.9. The maximum absolute atomic E-state index is 13.5. The minimum Gasteiger partial charge on any atom is -0.397 e. The van der Waals surface area contributed by atoms with Crippen molar-refractivity contribution >= 4 is 23.2 Å². The van der Waals surface area contributed by atoms with Crippen LogP contribution in [0.15, 0.2) is 103 Å². The van der Waals surface area contributed by atoms with Crippen LogP contribution in [0.1, 0.15) is 52.0 Å². The lowest BCUT2D eigenvalue weighted by atomic mass is 9.72. The Kier molecular flexibility index (Phi) is 8.06. The normalized spacial score (nSPS) is 16.7. The summed E-state index contributed by atoms with van der Waals surface area (Å²) < 4.78 is 0. The molecule has 0 bridgehead atoms. The van der Waals surface area contributed by atoms with Crippen molar-refractivity contribution in [2.45, 2.75) is 32.2 Å². The lowest BCUT2D eigenvalue weighted by molar-refractivity contribution is 0.0197. The van der Waals surface area contributed by atoms with Gasteiger partial charge >= 0.3 is 0 Å². The number of amides is 2. The Hall–Kier alpha value is -4.42. The number of likely N-dealkylation sites (tertiary alicyclic amines) is 2. The average molecular weight is 559 g/mol. The molecule has 0 aromatic heterocycles. The van der Waals surface area contributed by atoms with E-state index in [0.717, 1.165) is 63.1 Å². The fourth-order valence-corrected chi connectivity index (χ4v) is 6.43. The van der Waals surface area contributed by atoms with Gasteiger partial charge in [0.25, 0.3) is 11.8 Å². The second-order valence-electron chi connectivity index (χ2n) is 11.8. The number of carbonyl (C=O) groups excluding carboxylic acids is 2. The average Bonchev–Trinajstić information content (AvgIpc) is 3.04. The molecule has 2 amide bonds. The number of piperidine rings is 2. The highest BCUT2D eigenvalue weighted by Crippen LogP contribution is 2.40. The van der Waals surface area contributed by atoms with Crippen molar-refractivity contribution in [3.8, 4) is 11.1 Å². The molecule has 2 heterocycles. The molecule has 6 heteroatoms. The molecular formula is C36H38N4O2. The number of nitrogens with zero attached hydrogens (tertiary/aromatic N) is 2. The minimum absolute atomic E-state index is 0.0487. The maximum Gasteiger partial charge on any atom is 0.255 e. The fraction of sp³-hybridized carbons (Fsp3) is 0.278. The molecule has 2 saturated heterocycles. The van der Waals surface area contributed by atoms with E-state index in [1.165, 1.54) is 12.0 Å². The van der Waals surface area contributed by atoms with Gasteiger partial charge in [-0.15, -0.1) is 0 Å². The van der Waals surface area contributed by atoms with Gasteiger partial charge in [0.05, 0.1) is 11.4 Å². The third-order valence-electron chi connectivity index (χ3n) is 8.92. The fourth-order valence-electron chi connectivity index (χ4n) is 6.43. The lowest BCUT2D eigenvalue weighted by Crippen LogP contribution is -2.51. The van der Waals surface area contributed by atoms with E-state index in [-0.39, 0.29) is 17.2 Å². The van der Waals surface area contributed by atoms with Gasteiger partial charge < -0.3 is 16.0 Å². The molecule has 0 saturated carbocycles. The number of hydrogen-bond donors (Lipinski definition) is 2. The number of anilines is 2. The van der Waals surface area contributed by atoms with Crippen molar-refractivity contribution in [3.63, 3.8) is 0 Å². The predicted molar refractivity (Wildman–Crippen MR) is 169 cm³/mol. The van der Waals surface area contributed by atoms with Gasteiger partial charge in [-0.1, -0.05) is 66.7 Å². The zero-order valence-electron chi connectivity index (χ0n) is 24.0. The summed E-state index contributed by atoms with van der Waals surface area (Å²) in [6, 6.07) is 33.2. The van der Waals surface area contributed by atoms with Crippen LogP contribution in [-0.2, 0) is 6.54 Å². The van der Waals surface area contributed by atoms with Crippen molar-refractivity contribution < 1.29 is 9.59 Å². The molecule has 42 heavy (non-hydrogen) atoms. The molecule has 6 nitrogen and oxygen atoms in total. The highest BCUT2D eigenvalue weighted by molar-refractivity contribution is 6.06. The number of carbonyl (C=O) groups is 2. The molecular weight excluding hydrogens is 520 g/mol. The number of benzene rings is 4. The predicted octanol–water partition coefficient (Wildman–Crippen LogP) is 6.71. The number of nitrogens with one attached hydrogen (secondary N) is 1. The summed E-state index contributed by atoms with van der Waals surface area (Å²) in [6.45, 7) is 4.72. The van der Waals surface area contributed by atoms with Gasteiger partial charge in [-0.2, -0.15) is 0 Å². The van der Waals surface area contributed by atoms with E-state index >= 15 is 0 Å². The number of nitrogen functional groups attached to an aromatic ring is 1. The van der Waals surface area contributed by atoms with Crippen LogP contribution in [0.2, 0.25) is 0 Å². The van der Waals surface area contributed by atoms with E-state index < -0.39 is 0 Å². The van der Waals surface area contributed by atoms with E-state index in [1.54, 1.807) is 30.3 Å². The molecule has 2 aliphatic heterocycles. The largest absolute Gasteiger partial charge is 0.397 e. The van der Waals surface area contributed by atoms with Gasteiger partial charge in [0.1, 0.15) is 0 Å². The third-order valence-corrected chi connectivity index (χ3v) is 8.92. The van der Waals surface area contributed by atoms with Gasteiger partial charge in [-0.3, -0.25) is 14.5 Å². The van der Waals surface area contributed by atoms with Crippen LogP contribution in [0.25, 0.3) is 11.1 Å². The van der Waals surface area contributed by atoms with Crippen LogP contribution >= 0.6 is 0 Å². The molecule has 3 N–H and O–H groups in total. The van der Waals surface area contributed by atoms with Crippen molar-refractivity contribution in [1.29, 1.82) is 0 Å². The van der Waals surface area contributed by atoms with E-state index in [2.05, 4.69) is 40.5 Å². The van der Waals surface area contributed by atoms with Crippen molar-refractivity contribution in [1.82, 2.24) is 9.80 Å². The van der Waals surface area contributed by atoms with E-state index in [1.807, 2.05) is 47.4 Å². The van der Waals surface area contributed by atoms with E-state index in [9.17, 15) is 9.59 Å². The topological polar surface area (TPSA) is 78.7 Å². The Morgan fingerprint density at radius 3 is 2.12 bits per heavy atom. The molecule has 4 aromatic carbocycles. The van der Waals surface area contributed by atoms with E-state index in [0.29, 0.717) is 22.5 Å². The van der Waals surface area contributed by atoms with Crippen LogP contribution in [-0.4, -0.2) is 47.8 Å². The van der Waals surface area contributed by atoms with Crippen molar-refractivity contribution in [2.24, 2.45) is 5.41 Å². The Balaban J connectivity index is 1.07. The minimum atomic E-state index is -0.259. The van der Waals surface area contributed by atoms with Crippen LogP contribution in [0.4, 0.5) is 11.4 Å². The molecule has 214 valence electrons. The number of nitrogens with two attached hydrogens (primary N) is 1. The summed E-state index contributed by atoms with van der Waals surface area (Å²) in [4.78, 5) is 31.2. The monoisotopic (exact) mass is 558 g/mol. The second-order valence-corrected chi connectivity index (χ2v) is 11.8. The van der Waals surface area contributed by atoms with Crippen LogP contribution in [0.5, 0.6) is 0 Å². The SMILES string of the molecule is Nc1ccc(-c2ccccc2)cc1NC(=O)c1ccc(C(=O)N2CCCC3(CCN(Cc4ccccc4)CC3)C2)cc1. The molecule has 0 radical (unpaired) electrons. The third kappa shape index (κ3) is 6.24. The smallest absolute Gasteiger partial charge is 0.255 e. The zero-order valence-corrected chi connectivity index (χ0v) is 24.0. The first-order valence-corrected chi connectivity index (χ1v) is 14.9. The Bertz CT molecular complexity index is 1530. The lowest BCUT2D eigenvalue weighted by Gasteiger charge is -2.47. The zero-order chi connectivity index (χ0) is 28.9. The highest BCUT2D eigenvalue weighted by atomic mass is 16.2. The van der Waals surface area contributed by atoms with Crippen molar-refractivity contribution in [2.75, 3.05) is 37.2 Å². The summed E-state index contributed by atoms with van der Waals surface area (Å²) in [6.07, 6.45) is 4.46. The van der Waals surface area contributed by atoms with Gasteiger partial charge in [-0.25, -0.2) is 0 Å². The van der Waals surface area contributed by atoms with Gasteiger partial charge in [-0.05, 0) is 97.3 Å². The van der Waals surface area contributed by atoms with Crippen LogP contribution < -0.4 is 11.1 Å². The number of hydrogen-bond acceptors (Lipinski definition) is 4. The summed E-state index contributed by atoms with van der Waals surface area (Å²) in [5, 5.41) is 2.94. The van der Waals surface area contributed by atoms with Gasteiger partial charge in [0.15, 0.2) is 0 Å². The second kappa shape index (κ2) is 12.2. The molecule has 2 aliphatic rings. The first-order chi connectivity index (χ1) is 20.5. The Morgan fingerprint density at radius 2 is 1.40 bits per heavy atom. The summed E-state index contributed by atoms with van der Waals surface area (Å²) >= 11 is 0. The molecule has 6 rings (SSSR count). The highest BCUT2D eigenvalue weighted by Gasteiger charge is 2.39. The van der Waals surface area contributed by atoms with Gasteiger partial charge in [0.2, 0.25) is 0 Å². The Morgan fingerprint density at radius 1 is 0.738 bits per heavy atom. The van der Waals surface area contributed by atoms with Gasteiger partial charge in [0, 0.05) is 30.8 Å². The van der Waals surface area contributed by atoms with Crippen LogP contribution in [0, 0.1) is 5.41 Å². The van der Waals surface area contributed by atoms with Crippen molar-refractivity contribution in [3.05, 3.63) is 120 Å². The molecule has 2 fully saturated rings. The summed E-state index contributed by atoms with van der Waals surface area (Å²) in [7, 11) is 0. The first kappa shape index (κ1) is 27.7. The standard InChI is InChI=1S/C36H38N4O2/c37-32-17-16-31(28-10-5-2-6-11-28)24-33(32)38-34(41)29-12-14-30(15-13-29)35(42)40-21-7-18-36(26-40)19-22-39(23-20-36)25-27-8-3-1-4-9-27/h1-6,8-17,24H,7,18-23,25-26,37H2,(H,38,41).